The standard InChI is InChI=1S/C7H15N3O/c1-2-5-10-11-6-7(9)3-4-8/h3-4,9-10H,2,5-6,8H2,1H3/b4-3-,9-7?. The molecule has 0 saturated carbocycles. The lowest BCUT2D eigenvalue weighted by atomic mass is 10.4. The SMILES string of the molecule is CCCNOCC(=N)/C=C\N. The Morgan fingerprint density at radius 3 is 3.00 bits per heavy atom. The van der Waals surface area contributed by atoms with Crippen molar-refractivity contribution in [3.05, 3.63) is 12.3 Å². The van der Waals surface area contributed by atoms with Gasteiger partial charge in [0, 0.05) is 6.54 Å². The molecule has 0 heterocycles. The van der Waals surface area contributed by atoms with Crippen molar-refractivity contribution in [2.45, 2.75) is 13.3 Å². The number of rotatable bonds is 6. The quantitative estimate of drug-likeness (QED) is 0.297. The predicted molar refractivity (Wildman–Crippen MR) is 45.3 cm³/mol. The fourth-order valence-electron chi connectivity index (χ4n) is 0.467. The van der Waals surface area contributed by atoms with Crippen molar-refractivity contribution in [2.75, 3.05) is 13.2 Å². The summed E-state index contributed by atoms with van der Waals surface area (Å²) in [6.07, 6.45) is 3.83. The second-order valence-electron chi connectivity index (χ2n) is 2.07. The van der Waals surface area contributed by atoms with E-state index >= 15 is 0 Å². The zero-order chi connectivity index (χ0) is 8.53. The molecule has 64 valence electrons. The zero-order valence-electron chi connectivity index (χ0n) is 6.76. The monoisotopic (exact) mass is 157 g/mol. The lowest BCUT2D eigenvalue weighted by Gasteiger charge is -2.01. The molecule has 0 spiro atoms. The summed E-state index contributed by atoms with van der Waals surface area (Å²) in [5.41, 5.74) is 8.13. The number of hydroxylamine groups is 1. The van der Waals surface area contributed by atoms with Crippen molar-refractivity contribution in [1.82, 2.24) is 5.48 Å². The second-order valence-corrected chi connectivity index (χ2v) is 2.07. The molecule has 0 fully saturated rings. The summed E-state index contributed by atoms with van der Waals surface area (Å²) in [4.78, 5) is 4.91. The molecule has 0 amide bonds. The largest absolute Gasteiger partial charge is 0.405 e. The molecule has 0 aliphatic rings. The van der Waals surface area contributed by atoms with Gasteiger partial charge in [0.2, 0.25) is 0 Å². The summed E-state index contributed by atoms with van der Waals surface area (Å²) in [6, 6.07) is 0. The smallest absolute Gasteiger partial charge is 0.110 e. The first-order chi connectivity index (χ1) is 5.31. The van der Waals surface area contributed by atoms with Crippen LogP contribution in [0, 0.1) is 5.41 Å². The van der Waals surface area contributed by atoms with Crippen LogP contribution in [0.1, 0.15) is 13.3 Å². The Hall–Kier alpha value is -0.870. The summed E-state index contributed by atoms with van der Waals surface area (Å²) in [5.74, 6) is 0. The molecular formula is C7H15N3O. The van der Waals surface area contributed by atoms with Crippen LogP contribution in [-0.2, 0) is 4.84 Å². The minimum atomic E-state index is 0.258. The van der Waals surface area contributed by atoms with Crippen LogP contribution in [0.4, 0.5) is 0 Å². The van der Waals surface area contributed by atoms with Crippen molar-refractivity contribution in [1.29, 1.82) is 5.41 Å². The van der Waals surface area contributed by atoms with Crippen molar-refractivity contribution in [3.8, 4) is 0 Å². The average molecular weight is 157 g/mol. The first kappa shape index (κ1) is 10.1. The van der Waals surface area contributed by atoms with E-state index in [-0.39, 0.29) is 6.61 Å². The van der Waals surface area contributed by atoms with Crippen LogP contribution >= 0.6 is 0 Å². The third-order valence-electron chi connectivity index (χ3n) is 0.979. The van der Waals surface area contributed by atoms with Crippen molar-refractivity contribution < 1.29 is 4.84 Å². The zero-order valence-corrected chi connectivity index (χ0v) is 6.76. The maximum Gasteiger partial charge on any atom is 0.110 e. The first-order valence-electron chi connectivity index (χ1n) is 3.61. The predicted octanol–water partition coefficient (Wildman–Crippen LogP) is 0.410. The highest BCUT2D eigenvalue weighted by molar-refractivity contribution is 5.93. The van der Waals surface area contributed by atoms with Gasteiger partial charge in [0.1, 0.15) is 6.61 Å². The van der Waals surface area contributed by atoms with Gasteiger partial charge < -0.3 is 11.1 Å². The molecule has 4 N–H and O–H groups in total. The lowest BCUT2D eigenvalue weighted by molar-refractivity contribution is 0.0704. The average Bonchev–Trinajstić information content (AvgIpc) is 1.99. The van der Waals surface area contributed by atoms with Crippen molar-refractivity contribution >= 4 is 5.71 Å². The van der Waals surface area contributed by atoms with Crippen molar-refractivity contribution in [3.63, 3.8) is 0 Å². The Bertz CT molecular complexity index is 134. The van der Waals surface area contributed by atoms with Gasteiger partial charge in [-0.05, 0) is 18.7 Å². The second kappa shape index (κ2) is 7.24. The lowest BCUT2D eigenvalue weighted by Crippen LogP contribution is -2.19. The molecule has 0 radical (unpaired) electrons. The third-order valence-corrected chi connectivity index (χ3v) is 0.979. The normalized spacial score (nSPS) is 10.6. The van der Waals surface area contributed by atoms with E-state index in [9.17, 15) is 0 Å². The van der Waals surface area contributed by atoms with Gasteiger partial charge in [0.25, 0.3) is 0 Å². The fraction of sp³-hybridized carbons (Fsp3) is 0.571. The van der Waals surface area contributed by atoms with Crippen LogP contribution in [-0.4, -0.2) is 18.9 Å². The van der Waals surface area contributed by atoms with Gasteiger partial charge in [-0.25, -0.2) is 5.48 Å². The van der Waals surface area contributed by atoms with Crippen LogP contribution in [0.15, 0.2) is 12.3 Å². The highest BCUT2D eigenvalue weighted by Gasteiger charge is 1.89. The molecule has 0 aromatic carbocycles. The van der Waals surface area contributed by atoms with Gasteiger partial charge in [-0.3, -0.25) is 4.84 Å². The third kappa shape index (κ3) is 7.02. The number of hydrogen-bond donors (Lipinski definition) is 3. The molecule has 4 heteroatoms. The van der Waals surface area contributed by atoms with Gasteiger partial charge in [0.15, 0.2) is 0 Å². The summed E-state index contributed by atoms with van der Waals surface area (Å²) in [7, 11) is 0. The number of hydrogen-bond acceptors (Lipinski definition) is 4. The molecule has 0 aromatic heterocycles. The topological polar surface area (TPSA) is 71.1 Å². The molecular weight excluding hydrogens is 142 g/mol. The molecule has 0 bridgehead atoms. The fourth-order valence-corrected chi connectivity index (χ4v) is 0.467. The van der Waals surface area contributed by atoms with E-state index in [4.69, 9.17) is 16.0 Å². The van der Waals surface area contributed by atoms with E-state index in [0.29, 0.717) is 5.71 Å². The Morgan fingerprint density at radius 1 is 1.73 bits per heavy atom. The minimum Gasteiger partial charge on any atom is -0.405 e. The Morgan fingerprint density at radius 2 is 2.45 bits per heavy atom. The van der Waals surface area contributed by atoms with Crippen LogP contribution in [0.5, 0.6) is 0 Å². The summed E-state index contributed by atoms with van der Waals surface area (Å²) in [5, 5.41) is 7.19. The molecule has 0 atom stereocenters. The first-order valence-corrected chi connectivity index (χ1v) is 3.61. The Kier molecular flexibility index (Phi) is 6.67. The van der Waals surface area contributed by atoms with E-state index in [2.05, 4.69) is 5.48 Å². The van der Waals surface area contributed by atoms with Crippen LogP contribution < -0.4 is 11.2 Å². The van der Waals surface area contributed by atoms with Gasteiger partial charge in [-0.1, -0.05) is 6.92 Å². The van der Waals surface area contributed by atoms with Crippen LogP contribution in [0.2, 0.25) is 0 Å². The highest BCUT2D eigenvalue weighted by atomic mass is 16.6. The number of nitrogens with two attached hydrogens (primary N) is 1. The van der Waals surface area contributed by atoms with Gasteiger partial charge in [-0.2, -0.15) is 0 Å². The van der Waals surface area contributed by atoms with Crippen LogP contribution in [0.3, 0.4) is 0 Å². The summed E-state index contributed by atoms with van der Waals surface area (Å²) >= 11 is 0. The Balaban J connectivity index is 3.17. The van der Waals surface area contributed by atoms with Crippen LogP contribution in [0.25, 0.3) is 0 Å². The maximum atomic E-state index is 7.19. The minimum absolute atomic E-state index is 0.258. The summed E-state index contributed by atoms with van der Waals surface area (Å²) in [6.45, 7) is 3.11. The molecule has 0 saturated heterocycles. The summed E-state index contributed by atoms with van der Waals surface area (Å²) < 4.78 is 0. The molecule has 11 heavy (non-hydrogen) atoms. The van der Waals surface area contributed by atoms with Gasteiger partial charge >= 0.3 is 0 Å². The molecule has 0 unspecified atom stereocenters. The highest BCUT2D eigenvalue weighted by Crippen LogP contribution is 1.77. The van der Waals surface area contributed by atoms with Crippen molar-refractivity contribution in [2.24, 2.45) is 5.73 Å². The maximum absolute atomic E-state index is 7.19. The van der Waals surface area contributed by atoms with E-state index in [0.717, 1.165) is 13.0 Å². The van der Waals surface area contributed by atoms with Gasteiger partial charge in [-0.15, -0.1) is 0 Å². The Labute approximate surface area is 66.9 Å². The van der Waals surface area contributed by atoms with Gasteiger partial charge in [0.05, 0.1) is 5.71 Å². The van der Waals surface area contributed by atoms with E-state index in [1.54, 1.807) is 0 Å². The molecule has 0 rings (SSSR count). The van der Waals surface area contributed by atoms with E-state index < -0.39 is 0 Å². The molecule has 0 aliphatic heterocycles. The number of nitrogens with one attached hydrogen (secondary N) is 2. The molecule has 4 nitrogen and oxygen atoms in total. The molecule has 0 aromatic rings. The van der Waals surface area contributed by atoms with E-state index in [1.165, 1.54) is 12.3 Å². The molecule has 0 aliphatic carbocycles. The van der Waals surface area contributed by atoms with E-state index in [1.807, 2.05) is 6.92 Å².